The van der Waals surface area contributed by atoms with Gasteiger partial charge in [0.05, 0.1) is 11.5 Å². The summed E-state index contributed by atoms with van der Waals surface area (Å²) < 4.78 is 39.0. The predicted molar refractivity (Wildman–Crippen MR) is 118 cm³/mol. The second-order valence-corrected chi connectivity index (χ2v) is 9.21. The summed E-state index contributed by atoms with van der Waals surface area (Å²) in [5, 5.41) is 0.942. The molecule has 0 spiro atoms. The van der Waals surface area contributed by atoms with Crippen molar-refractivity contribution >= 4 is 37.9 Å². The second kappa shape index (κ2) is 7.82. The molecule has 3 heterocycles. The van der Waals surface area contributed by atoms with Crippen LogP contribution in [-0.4, -0.2) is 55.5 Å². The highest BCUT2D eigenvalue weighted by atomic mass is 32.2. The Kier molecular flexibility index (Phi) is 4.99. The lowest BCUT2D eigenvalue weighted by molar-refractivity contribution is 0.340. The highest BCUT2D eigenvalue weighted by Gasteiger charge is 2.30. The smallest absolute Gasteiger partial charge is 0.243 e. The number of ether oxygens (including phenoxy) is 1. The third kappa shape index (κ3) is 3.49. The third-order valence-corrected chi connectivity index (χ3v) is 7.36. The van der Waals surface area contributed by atoms with Crippen LogP contribution < -0.4 is 9.64 Å². The summed E-state index contributed by atoms with van der Waals surface area (Å²) in [6.45, 7) is 4.18. The van der Waals surface area contributed by atoms with Crippen molar-refractivity contribution in [1.82, 2.24) is 14.3 Å². The summed E-state index contributed by atoms with van der Waals surface area (Å²) in [5.41, 5.74) is 2.16. The Labute approximate surface area is 180 Å². The lowest BCUT2D eigenvalue weighted by atomic mass is 10.2. The van der Waals surface area contributed by atoms with Crippen LogP contribution in [0.2, 0.25) is 0 Å². The fourth-order valence-corrected chi connectivity index (χ4v) is 5.32. The molecule has 0 aliphatic carbocycles. The molecule has 0 bridgehead atoms. The van der Waals surface area contributed by atoms with E-state index < -0.39 is 10.0 Å². The SMILES string of the molecule is CCOc1ccc(S(=O)(=O)N2CCN(c3ncnc4c3oc3ccccc34)CC2)cc1. The number of hydrogen-bond acceptors (Lipinski definition) is 7. The first-order chi connectivity index (χ1) is 15.1. The van der Waals surface area contributed by atoms with Crippen molar-refractivity contribution in [3.63, 3.8) is 0 Å². The van der Waals surface area contributed by atoms with Gasteiger partial charge in [0.25, 0.3) is 0 Å². The van der Waals surface area contributed by atoms with Gasteiger partial charge in [0.15, 0.2) is 11.4 Å². The molecule has 1 aliphatic heterocycles. The van der Waals surface area contributed by atoms with Crippen molar-refractivity contribution in [3.05, 3.63) is 54.9 Å². The molecule has 0 amide bonds. The van der Waals surface area contributed by atoms with E-state index in [1.54, 1.807) is 24.3 Å². The van der Waals surface area contributed by atoms with Gasteiger partial charge in [-0.05, 0) is 43.3 Å². The zero-order chi connectivity index (χ0) is 21.4. The Morgan fingerprint density at radius 3 is 2.48 bits per heavy atom. The highest BCUT2D eigenvalue weighted by molar-refractivity contribution is 7.89. The molecule has 2 aromatic carbocycles. The number of aromatic nitrogens is 2. The molecule has 0 atom stereocenters. The molecule has 9 heteroatoms. The average Bonchev–Trinajstić information content (AvgIpc) is 3.19. The van der Waals surface area contributed by atoms with Crippen LogP contribution in [-0.2, 0) is 10.0 Å². The van der Waals surface area contributed by atoms with E-state index in [0.717, 1.165) is 16.5 Å². The van der Waals surface area contributed by atoms with Gasteiger partial charge < -0.3 is 14.1 Å². The number of para-hydroxylation sites is 1. The monoisotopic (exact) mass is 438 g/mol. The standard InChI is InChI=1S/C22H22N4O4S/c1-2-29-16-7-9-17(10-8-16)31(27,28)26-13-11-25(12-14-26)22-21-20(23-15-24-22)18-5-3-4-6-19(18)30-21/h3-10,15H,2,11-14H2,1H3. The normalized spacial score (nSPS) is 15.6. The van der Waals surface area contributed by atoms with Gasteiger partial charge in [-0.3, -0.25) is 0 Å². The number of furan rings is 1. The Hall–Kier alpha value is -3.17. The molecule has 0 N–H and O–H groups in total. The van der Waals surface area contributed by atoms with Crippen molar-refractivity contribution in [2.75, 3.05) is 37.7 Å². The summed E-state index contributed by atoms with van der Waals surface area (Å²) >= 11 is 0. The topological polar surface area (TPSA) is 88.8 Å². The quantitative estimate of drug-likeness (QED) is 0.472. The van der Waals surface area contributed by atoms with Crippen LogP contribution in [0.15, 0.2) is 64.2 Å². The van der Waals surface area contributed by atoms with E-state index >= 15 is 0 Å². The molecule has 160 valence electrons. The number of sulfonamides is 1. The minimum absolute atomic E-state index is 0.270. The molecule has 8 nitrogen and oxygen atoms in total. The van der Waals surface area contributed by atoms with Gasteiger partial charge in [-0.15, -0.1) is 0 Å². The number of piperazine rings is 1. The predicted octanol–water partition coefficient (Wildman–Crippen LogP) is 3.29. The molecule has 1 saturated heterocycles. The summed E-state index contributed by atoms with van der Waals surface area (Å²) in [4.78, 5) is 11.2. The average molecular weight is 439 g/mol. The van der Waals surface area contributed by atoms with Crippen molar-refractivity contribution in [2.24, 2.45) is 0 Å². The van der Waals surface area contributed by atoms with Crippen molar-refractivity contribution < 1.29 is 17.6 Å². The van der Waals surface area contributed by atoms with Crippen molar-refractivity contribution in [2.45, 2.75) is 11.8 Å². The lowest BCUT2D eigenvalue weighted by Gasteiger charge is -2.34. The largest absolute Gasteiger partial charge is 0.494 e. The van der Waals surface area contributed by atoms with Crippen LogP contribution in [0.3, 0.4) is 0 Å². The summed E-state index contributed by atoms with van der Waals surface area (Å²) in [7, 11) is -3.57. The van der Waals surface area contributed by atoms with Crippen LogP contribution in [0.25, 0.3) is 22.1 Å². The van der Waals surface area contributed by atoms with Gasteiger partial charge >= 0.3 is 0 Å². The van der Waals surface area contributed by atoms with E-state index in [9.17, 15) is 8.42 Å². The maximum atomic E-state index is 13.1. The molecular weight excluding hydrogens is 416 g/mol. The van der Waals surface area contributed by atoms with Crippen LogP contribution in [0, 0.1) is 0 Å². The molecule has 0 saturated carbocycles. The first kappa shape index (κ1) is 19.8. The van der Waals surface area contributed by atoms with E-state index in [1.807, 2.05) is 31.2 Å². The Balaban J connectivity index is 1.37. The summed E-state index contributed by atoms with van der Waals surface area (Å²) in [5.74, 6) is 1.35. The number of anilines is 1. The number of fused-ring (bicyclic) bond motifs is 3. The third-order valence-electron chi connectivity index (χ3n) is 5.45. The molecule has 0 radical (unpaired) electrons. The van der Waals surface area contributed by atoms with Crippen LogP contribution in [0.1, 0.15) is 6.92 Å². The number of nitrogens with zero attached hydrogens (tertiary/aromatic N) is 4. The Bertz CT molecular complexity index is 1330. The van der Waals surface area contributed by atoms with Crippen molar-refractivity contribution in [3.8, 4) is 5.75 Å². The van der Waals surface area contributed by atoms with Gasteiger partial charge in [0.2, 0.25) is 10.0 Å². The molecule has 2 aromatic heterocycles. The zero-order valence-electron chi connectivity index (χ0n) is 17.1. The van der Waals surface area contributed by atoms with Crippen LogP contribution >= 0.6 is 0 Å². The first-order valence-electron chi connectivity index (χ1n) is 10.2. The van der Waals surface area contributed by atoms with Gasteiger partial charge in [-0.1, -0.05) is 12.1 Å². The van der Waals surface area contributed by atoms with Crippen molar-refractivity contribution in [1.29, 1.82) is 0 Å². The van der Waals surface area contributed by atoms with Gasteiger partial charge in [0, 0.05) is 31.6 Å². The number of rotatable bonds is 5. The molecule has 0 unspecified atom stereocenters. The lowest BCUT2D eigenvalue weighted by Crippen LogP contribution is -2.49. The molecule has 31 heavy (non-hydrogen) atoms. The molecular formula is C22H22N4O4S. The maximum absolute atomic E-state index is 13.1. The van der Waals surface area contributed by atoms with E-state index in [-0.39, 0.29) is 4.90 Å². The molecule has 5 rings (SSSR count). The number of hydrogen-bond donors (Lipinski definition) is 0. The van der Waals surface area contributed by atoms with E-state index in [4.69, 9.17) is 9.15 Å². The van der Waals surface area contributed by atoms with E-state index in [0.29, 0.717) is 49.9 Å². The second-order valence-electron chi connectivity index (χ2n) is 7.27. The molecule has 4 aromatic rings. The number of benzene rings is 2. The summed E-state index contributed by atoms with van der Waals surface area (Å²) in [6.07, 6.45) is 1.53. The minimum Gasteiger partial charge on any atom is -0.494 e. The zero-order valence-corrected chi connectivity index (χ0v) is 17.9. The molecule has 1 aliphatic rings. The Morgan fingerprint density at radius 2 is 1.74 bits per heavy atom. The molecule has 1 fully saturated rings. The minimum atomic E-state index is -3.57. The fourth-order valence-electron chi connectivity index (χ4n) is 3.90. The maximum Gasteiger partial charge on any atom is 0.243 e. The summed E-state index contributed by atoms with van der Waals surface area (Å²) in [6, 6.07) is 14.3. The van der Waals surface area contributed by atoms with Gasteiger partial charge in [-0.25, -0.2) is 18.4 Å². The van der Waals surface area contributed by atoms with E-state index in [2.05, 4.69) is 14.9 Å². The first-order valence-corrected chi connectivity index (χ1v) is 11.6. The fraction of sp³-hybridized carbons (Fsp3) is 0.273. The van der Waals surface area contributed by atoms with Gasteiger partial charge in [0.1, 0.15) is 23.2 Å². The Morgan fingerprint density at radius 1 is 1.00 bits per heavy atom. The van der Waals surface area contributed by atoms with E-state index in [1.165, 1.54) is 10.6 Å². The van der Waals surface area contributed by atoms with Crippen LogP contribution in [0.4, 0.5) is 5.82 Å². The highest BCUT2D eigenvalue weighted by Crippen LogP contribution is 2.32. The van der Waals surface area contributed by atoms with Crippen LogP contribution in [0.5, 0.6) is 5.75 Å². The van der Waals surface area contributed by atoms with Gasteiger partial charge in [-0.2, -0.15) is 4.31 Å².